The zero-order chi connectivity index (χ0) is 19.7. The third-order valence-electron chi connectivity index (χ3n) is 5.56. The first-order chi connectivity index (χ1) is 13.4. The summed E-state index contributed by atoms with van der Waals surface area (Å²) in [5.41, 5.74) is 7.49. The number of imidazole rings is 1. The lowest BCUT2D eigenvalue weighted by Crippen LogP contribution is -2.14. The molecule has 5 aromatic rings. The van der Waals surface area contributed by atoms with Gasteiger partial charge in [0.25, 0.3) is 5.56 Å². The maximum absolute atomic E-state index is 13.5. The van der Waals surface area contributed by atoms with Crippen LogP contribution in [0.4, 0.5) is 0 Å². The van der Waals surface area contributed by atoms with Crippen molar-refractivity contribution < 1.29 is 0 Å². The van der Waals surface area contributed by atoms with Gasteiger partial charge in [0.1, 0.15) is 5.65 Å². The molecule has 3 nitrogen and oxygen atoms in total. The fourth-order valence-corrected chi connectivity index (χ4v) is 4.26. The minimum absolute atomic E-state index is 0.0345. The number of benzene rings is 3. The normalized spacial score (nSPS) is 11.8. The molecule has 0 aliphatic rings. The highest BCUT2D eigenvalue weighted by Crippen LogP contribution is 2.37. The van der Waals surface area contributed by atoms with Gasteiger partial charge in [0.15, 0.2) is 0 Å². The van der Waals surface area contributed by atoms with Crippen molar-refractivity contribution >= 4 is 49.4 Å². The fourth-order valence-electron chi connectivity index (χ4n) is 4.26. The number of hydrogen-bond donors (Lipinski definition) is 0. The summed E-state index contributed by atoms with van der Waals surface area (Å²) in [5.74, 6) is 0. The van der Waals surface area contributed by atoms with E-state index in [4.69, 9.17) is 4.98 Å². The molecule has 3 heteroatoms. The number of hydrogen-bond acceptors (Lipinski definition) is 2. The van der Waals surface area contributed by atoms with Crippen molar-refractivity contribution in [3.8, 4) is 0 Å². The lowest BCUT2D eigenvalue weighted by Gasteiger charge is -2.15. The van der Waals surface area contributed by atoms with E-state index in [-0.39, 0.29) is 5.56 Å². The van der Waals surface area contributed by atoms with Crippen LogP contribution in [0, 0.1) is 6.92 Å². The van der Waals surface area contributed by atoms with Crippen molar-refractivity contribution in [2.24, 2.45) is 0 Å². The van der Waals surface area contributed by atoms with Crippen LogP contribution in [-0.2, 0) is 0 Å². The quantitative estimate of drug-likeness (QED) is 0.387. The number of nitrogens with zero attached hydrogens (tertiary/aromatic N) is 2. The Balaban J connectivity index is 2.16. The Labute approximate surface area is 162 Å². The molecule has 0 fully saturated rings. The highest BCUT2D eigenvalue weighted by Gasteiger charge is 2.19. The van der Waals surface area contributed by atoms with E-state index in [1.54, 1.807) is 4.40 Å². The summed E-state index contributed by atoms with van der Waals surface area (Å²) in [7, 11) is 0. The Morgan fingerprint density at radius 1 is 0.893 bits per heavy atom. The molecule has 0 N–H and O–H groups in total. The van der Waals surface area contributed by atoms with E-state index in [9.17, 15) is 4.79 Å². The van der Waals surface area contributed by atoms with Crippen LogP contribution in [0.2, 0.25) is 0 Å². The Morgan fingerprint density at radius 3 is 2.18 bits per heavy atom. The van der Waals surface area contributed by atoms with Crippen molar-refractivity contribution in [3.05, 3.63) is 82.7 Å². The summed E-state index contributed by atoms with van der Waals surface area (Å²) < 4.78 is 1.75. The van der Waals surface area contributed by atoms with Gasteiger partial charge >= 0.3 is 0 Å². The first kappa shape index (κ1) is 16.7. The molecule has 2 heterocycles. The first-order valence-corrected chi connectivity index (χ1v) is 9.34. The number of fused-ring (bicyclic) bond motifs is 4. The van der Waals surface area contributed by atoms with Gasteiger partial charge in [0.05, 0.1) is 11.0 Å². The van der Waals surface area contributed by atoms with Crippen molar-refractivity contribution in [1.29, 1.82) is 0 Å². The van der Waals surface area contributed by atoms with Crippen molar-refractivity contribution in [2.75, 3.05) is 0 Å². The number of rotatable bonds is 2. The second kappa shape index (κ2) is 5.52. The lowest BCUT2D eigenvalue weighted by atomic mass is 9.89. The van der Waals surface area contributed by atoms with Crippen LogP contribution >= 0.6 is 0 Å². The number of pyridine rings is 1. The molecule has 0 aliphatic carbocycles. The molecular formula is C25H20N2O. The van der Waals surface area contributed by atoms with Crippen molar-refractivity contribution in [3.63, 3.8) is 0 Å². The third kappa shape index (κ3) is 2.04. The van der Waals surface area contributed by atoms with Crippen LogP contribution in [0.1, 0.15) is 30.5 Å². The summed E-state index contributed by atoms with van der Waals surface area (Å²) >= 11 is 0. The largest absolute Gasteiger partial charge is 0.268 e. The average molecular weight is 364 g/mol. The van der Waals surface area contributed by atoms with Crippen LogP contribution in [0.25, 0.3) is 49.4 Å². The van der Waals surface area contributed by atoms with E-state index in [0.29, 0.717) is 11.0 Å². The molecule has 0 spiro atoms. The summed E-state index contributed by atoms with van der Waals surface area (Å²) in [6, 6.07) is 14.1. The van der Waals surface area contributed by atoms with Gasteiger partial charge in [-0.3, -0.25) is 9.20 Å². The molecule has 0 saturated heterocycles. The monoisotopic (exact) mass is 364 g/mol. The minimum Gasteiger partial charge on any atom is -0.268 e. The molecule has 0 amide bonds. The molecule has 0 atom stereocenters. The number of aryl methyl sites for hydroxylation is 1. The van der Waals surface area contributed by atoms with Gasteiger partial charge < -0.3 is 0 Å². The topological polar surface area (TPSA) is 34.4 Å². The second-order valence-electron chi connectivity index (χ2n) is 7.70. The molecule has 0 unspecified atom stereocenters. The van der Waals surface area contributed by atoms with Gasteiger partial charge in [-0.2, -0.15) is 0 Å². The molecule has 136 valence electrons. The third-order valence-corrected chi connectivity index (χ3v) is 5.56. The molecule has 0 saturated carbocycles. The Morgan fingerprint density at radius 2 is 1.54 bits per heavy atom. The van der Waals surface area contributed by atoms with E-state index in [2.05, 4.69) is 25.3 Å². The molecule has 0 radical (unpaired) electrons. The van der Waals surface area contributed by atoms with Gasteiger partial charge in [0.2, 0.25) is 0 Å². The predicted octanol–water partition coefficient (Wildman–Crippen LogP) is 5.97. The predicted molar refractivity (Wildman–Crippen MR) is 119 cm³/mol. The van der Waals surface area contributed by atoms with Crippen LogP contribution in [0.3, 0.4) is 0 Å². The standard InChI is InChI=1S/C25H20N2O/c1-13(2)16-7-9-18-23-19(10-8-17(14(3)4)22(16)23)25(28)27-21-12-15(5)6-11-20(21)26-24(18)27/h6-12H,1,3H2,2,4-5H3. The van der Waals surface area contributed by atoms with E-state index >= 15 is 0 Å². The number of allylic oxidation sites excluding steroid dienone is 2. The summed E-state index contributed by atoms with van der Waals surface area (Å²) in [6.45, 7) is 14.3. The van der Waals surface area contributed by atoms with Crippen molar-refractivity contribution in [2.45, 2.75) is 20.8 Å². The molecule has 2 aromatic heterocycles. The summed E-state index contributed by atoms with van der Waals surface area (Å²) in [5, 5.41) is 3.67. The summed E-state index contributed by atoms with van der Waals surface area (Å²) in [4.78, 5) is 18.3. The highest BCUT2D eigenvalue weighted by molar-refractivity contribution is 6.20. The molecule has 0 bridgehead atoms. The Kier molecular flexibility index (Phi) is 3.29. The highest BCUT2D eigenvalue weighted by atomic mass is 16.1. The van der Waals surface area contributed by atoms with E-state index in [1.165, 1.54) is 0 Å². The maximum Gasteiger partial charge on any atom is 0.264 e. The molecule has 0 aliphatic heterocycles. The van der Waals surface area contributed by atoms with Crippen LogP contribution in [0.15, 0.2) is 60.4 Å². The lowest BCUT2D eigenvalue weighted by molar-refractivity contribution is 1.19. The fraction of sp³-hybridized carbons (Fsp3) is 0.120. The minimum atomic E-state index is -0.0345. The smallest absolute Gasteiger partial charge is 0.264 e. The van der Waals surface area contributed by atoms with Crippen LogP contribution in [-0.4, -0.2) is 9.38 Å². The second-order valence-corrected chi connectivity index (χ2v) is 7.70. The Hall–Kier alpha value is -3.46. The van der Waals surface area contributed by atoms with E-state index < -0.39 is 0 Å². The first-order valence-electron chi connectivity index (χ1n) is 9.34. The SMILES string of the molecule is C=C(C)c1ccc2c(=O)n3c4cc(C)ccc4nc3c3ccc(C(=C)C)c1c23. The maximum atomic E-state index is 13.5. The molecule has 5 rings (SSSR count). The van der Waals surface area contributed by atoms with E-state index in [1.807, 2.05) is 51.1 Å². The van der Waals surface area contributed by atoms with Gasteiger partial charge in [-0.05, 0) is 67.1 Å². The Bertz CT molecular complexity index is 1520. The van der Waals surface area contributed by atoms with Crippen LogP contribution in [0.5, 0.6) is 0 Å². The average Bonchev–Trinajstić information content (AvgIpc) is 3.03. The molecular weight excluding hydrogens is 344 g/mol. The zero-order valence-electron chi connectivity index (χ0n) is 16.3. The zero-order valence-corrected chi connectivity index (χ0v) is 16.3. The molecule has 28 heavy (non-hydrogen) atoms. The summed E-state index contributed by atoms with van der Waals surface area (Å²) in [6.07, 6.45) is 0. The van der Waals surface area contributed by atoms with E-state index in [0.717, 1.165) is 55.0 Å². The molecule has 3 aromatic carbocycles. The van der Waals surface area contributed by atoms with Gasteiger partial charge in [-0.25, -0.2) is 4.98 Å². The van der Waals surface area contributed by atoms with Crippen molar-refractivity contribution in [1.82, 2.24) is 9.38 Å². The van der Waals surface area contributed by atoms with Gasteiger partial charge in [-0.1, -0.05) is 42.5 Å². The van der Waals surface area contributed by atoms with Crippen LogP contribution < -0.4 is 5.56 Å². The number of aromatic nitrogens is 2. The van der Waals surface area contributed by atoms with Gasteiger partial charge in [0, 0.05) is 16.2 Å². The van der Waals surface area contributed by atoms with Gasteiger partial charge in [-0.15, -0.1) is 0 Å².